The van der Waals surface area contributed by atoms with Crippen molar-refractivity contribution in [3.8, 4) is 0 Å². The molecule has 0 saturated heterocycles. The summed E-state index contributed by atoms with van der Waals surface area (Å²) in [5.41, 5.74) is 2.80. The number of aryl methyl sites for hydroxylation is 3. The molecule has 0 atom stereocenters. The topological polar surface area (TPSA) is 87.5 Å². The first kappa shape index (κ1) is 20.9. The van der Waals surface area contributed by atoms with E-state index in [2.05, 4.69) is 15.8 Å². The molecule has 1 aromatic heterocycles. The van der Waals surface area contributed by atoms with Crippen molar-refractivity contribution in [1.29, 1.82) is 0 Å². The number of rotatable bonds is 6. The quantitative estimate of drug-likeness (QED) is 0.741. The first-order valence-corrected chi connectivity index (χ1v) is 10.3. The lowest BCUT2D eigenvalue weighted by Gasteiger charge is -2.30. The number of nitrogens with zero attached hydrogens (tertiary/aromatic N) is 2. The number of urea groups is 1. The number of aromatic nitrogens is 1. The molecule has 156 valence electrons. The zero-order valence-corrected chi connectivity index (χ0v) is 17.5. The Balaban J connectivity index is 1.70. The molecule has 29 heavy (non-hydrogen) atoms. The summed E-state index contributed by atoms with van der Waals surface area (Å²) in [5, 5.41) is 9.51. The molecule has 0 unspecified atom stereocenters. The van der Waals surface area contributed by atoms with Crippen molar-refractivity contribution in [2.24, 2.45) is 5.92 Å². The summed E-state index contributed by atoms with van der Waals surface area (Å²) in [6.07, 6.45) is 5.80. The van der Waals surface area contributed by atoms with Crippen molar-refractivity contribution in [3.05, 3.63) is 41.2 Å². The van der Waals surface area contributed by atoms with E-state index in [0.29, 0.717) is 24.0 Å². The second kappa shape index (κ2) is 9.58. The van der Waals surface area contributed by atoms with Crippen LogP contribution in [0.1, 0.15) is 49.0 Å². The Bertz CT molecular complexity index is 835. The number of hydrogen-bond donors (Lipinski definition) is 2. The van der Waals surface area contributed by atoms with Crippen LogP contribution in [0, 0.1) is 26.7 Å². The van der Waals surface area contributed by atoms with Gasteiger partial charge in [-0.2, -0.15) is 0 Å². The SMILES string of the molecule is Cc1cc(NC(=O)CN(CC2CCCCC2)C(=O)Nc2c(C)cccc2C)no1. The highest BCUT2D eigenvalue weighted by Gasteiger charge is 2.24. The van der Waals surface area contributed by atoms with E-state index in [1.54, 1.807) is 17.9 Å². The van der Waals surface area contributed by atoms with Crippen LogP contribution in [0.5, 0.6) is 0 Å². The Morgan fingerprint density at radius 3 is 2.41 bits per heavy atom. The third kappa shape index (κ3) is 5.82. The van der Waals surface area contributed by atoms with Gasteiger partial charge in [0.15, 0.2) is 5.82 Å². The normalized spacial score (nSPS) is 14.4. The summed E-state index contributed by atoms with van der Waals surface area (Å²) < 4.78 is 4.99. The number of anilines is 2. The molecule has 2 N–H and O–H groups in total. The molecule has 7 heteroatoms. The van der Waals surface area contributed by atoms with Crippen LogP contribution < -0.4 is 10.6 Å². The van der Waals surface area contributed by atoms with E-state index >= 15 is 0 Å². The Kier molecular flexibility index (Phi) is 6.90. The van der Waals surface area contributed by atoms with Crippen molar-refractivity contribution in [2.75, 3.05) is 23.7 Å². The number of para-hydroxylation sites is 1. The predicted octanol–water partition coefficient (Wildman–Crippen LogP) is 4.65. The van der Waals surface area contributed by atoms with Crippen LogP contribution in [0.3, 0.4) is 0 Å². The first-order chi connectivity index (χ1) is 13.9. The zero-order valence-electron chi connectivity index (χ0n) is 17.5. The average Bonchev–Trinajstić information content (AvgIpc) is 3.09. The monoisotopic (exact) mass is 398 g/mol. The Morgan fingerprint density at radius 2 is 1.79 bits per heavy atom. The van der Waals surface area contributed by atoms with Gasteiger partial charge in [0.25, 0.3) is 0 Å². The second-order valence-electron chi connectivity index (χ2n) is 7.95. The maximum atomic E-state index is 13.1. The fourth-order valence-electron chi connectivity index (χ4n) is 3.88. The van der Waals surface area contributed by atoms with Gasteiger partial charge >= 0.3 is 6.03 Å². The van der Waals surface area contributed by atoms with Gasteiger partial charge in [0, 0.05) is 18.3 Å². The number of carbonyl (C=O) groups excluding carboxylic acids is 2. The molecule has 0 radical (unpaired) electrons. The van der Waals surface area contributed by atoms with Crippen molar-refractivity contribution in [2.45, 2.75) is 52.9 Å². The van der Waals surface area contributed by atoms with Gasteiger partial charge in [-0.05, 0) is 50.7 Å². The van der Waals surface area contributed by atoms with Gasteiger partial charge < -0.3 is 20.1 Å². The van der Waals surface area contributed by atoms with Gasteiger partial charge in [-0.3, -0.25) is 4.79 Å². The predicted molar refractivity (Wildman–Crippen MR) is 113 cm³/mol. The van der Waals surface area contributed by atoms with Crippen molar-refractivity contribution >= 4 is 23.4 Å². The fourth-order valence-corrected chi connectivity index (χ4v) is 3.88. The molecule has 3 rings (SSSR count). The maximum absolute atomic E-state index is 13.1. The minimum atomic E-state index is -0.286. The van der Waals surface area contributed by atoms with Gasteiger partial charge in [0.1, 0.15) is 12.3 Å². The Hall–Kier alpha value is -2.83. The van der Waals surface area contributed by atoms with Gasteiger partial charge in [0.2, 0.25) is 5.91 Å². The molecule has 1 aliphatic rings. The molecule has 1 aliphatic carbocycles. The summed E-state index contributed by atoms with van der Waals surface area (Å²) in [4.78, 5) is 27.2. The number of hydrogen-bond acceptors (Lipinski definition) is 4. The largest absolute Gasteiger partial charge is 0.360 e. The van der Waals surface area contributed by atoms with Crippen LogP contribution in [0.25, 0.3) is 0 Å². The smallest absolute Gasteiger partial charge is 0.322 e. The average molecular weight is 399 g/mol. The lowest BCUT2D eigenvalue weighted by Crippen LogP contribution is -2.43. The molecular weight excluding hydrogens is 368 g/mol. The number of carbonyl (C=O) groups is 2. The number of benzene rings is 1. The minimum absolute atomic E-state index is 0.0286. The van der Waals surface area contributed by atoms with E-state index in [-0.39, 0.29) is 18.5 Å². The molecule has 1 fully saturated rings. The molecule has 3 amide bonds. The van der Waals surface area contributed by atoms with Crippen molar-refractivity contribution in [1.82, 2.24) is 10.1 Å². The van der Waals surface area contributed by atoms with Crippen LogP contribution in [-0.2, 0) is 4.79 Å². The molecular formula is C22H30N4O3. The molecule has 2 aromatic rings. The second-order valence-corrected chi connectivity index (χ2v) is 7.95. The highest BCUT2D eigenvalue weighted by Crippen LogP contribution is 2.25. The summed E-state index contributed by atoms with van der Waals surface area (Å²) in [6, 6.07) is 7.30. The first-order valence-electron chi connectivity index (χ1n) is 10.3. The van der Waals surface area contributed by atoms with E-state index in [1.807, 2.05) is 32.0 Å². The lowest BCUT2D eigenvalue weighted by molar-refractivity contribution is -0.116. The van der Waals surface area contributed by atoms with E-state index in [4.69, 9.17) is 4.52 Å². The maximum Gasteiger partial charge on any atom is 0.322 e. The molecule has 1 aromatic carbocycles. The summed E-state index contributed by atoms with van der Waals surface area (Å²) in [7, 11) is 0. The number of nitrogens with one attached hydrogen (secondary N) is 2. The molecule has 1 saturated carbocycles. The molecule has 7 nitrogen and oxygen atoms in total. The highest BCUT2D eigenvalue weighted by atomic mass is 16.5. The summed E-state index contributed by atoms with van der Waals surface area (Å²) >= 11 is 0. The van der Waals surface area contributed by atoms with E-state index in [9.17, 15) is 9.59 Å². The third-order valence-corrected chi connectivity index (χ3v) is 5.43. The third-order valence-electron chi connectivity index (χ3n) is 5.43. The fraction of sp³-hybridized carbons (Fsp3) is 0.500. The minimum Gasteiger partial charge on any atom is -0.360 e. The Labute approximate surface area is 171 Å². The van der Waals surface area contributed by atoms with Crippen LogP contribution in [0.15, 0.2) is 28.8 Å². The summed E-state index contributed by atoms with van der Waals surface area (Å²) in [6.45, 7) is 6.23. The van der Waals surface area contributed by atoms with Crippen LogP contribution in [0.4, 0.5) is 16.3 Å². The van der Waals surface area contributed by atoms with Gasteiger partial charge in [-0.15, -0.1) is 0 Å². The van der Waals surface area contributed by atoms with Crippen molar-refractivity contribution < 1.29 is 14.1 Å². The van der Waals surface area contributed by atoms with Gasteiger partial charge in [-0.25, -0.2) is 4.79 Å². The molecule has 0 aliphatic heterocycles. The van der Waals surface area contributed by atoms with E-state index in [1.165, 1.54) is 19.3 Å². The van der Waals surface area contributed by atoms with Crippen LogP contribution >= 0.6 is 0 Å². The zero-order chi connectivity index (χ0) is 20.8. The highest BCUT2D eigenvalue weighted by molar-refractivity contribution is 5.97. The standard InChI is InChI=1S/C22H30N4O3/c1-15-8-7-9-16(2)21(15)24-22(28)26(13-18-10-5-4-6-11-18)14-20(27)23-19-12-17(3)29-25-19/h7-9,12,18H,4-6,10-11,13-14H2,1-3H3,(H,24,28)(H,23,25,27). The van der Waals surface area contributed by atoms with Crippen LogP contribution in [0.2, 0.25) is 0 Å². The van der Waals surface area contributed by atoms with E-state index in [0.717, 1.165) is 29.7 Å². The molecule has 0 spiro atoms. The van der Waals surface area contributed by atoms with E-state index < -0.39 is 0 Å². The summed E-state index contributed by atoms with van der Waals surface area (Å²) in [5.74, 6) is 1.12. The Morgan fingerprint density at radius 1 is 1.10 bits per heavy atom. The molecule has 0 bridgehead atoms. The molecule has 1 heterocycles. The van der Waals surface area contributed by atoms with Crippen molar-refractivity contribution in [3.63, 3.8) is 0 Å². The van der Waals surface area contributed by atoms with Crippen LogP contribution in [-0.4, -0.2) is 35.1 Å². The lowest BCUT2D eigenvalue weighted by atomic mass is 9.89. The number of amides is 3. The van der Waals surface area contributed by atoms with Gasteiger partial charge in [0.05, 0.1) is 0 Å². The van der Waals surface area contributed by atoms with Gasteiger partial charge in [-0.1, -0.05) is 42.6 Å².